The van der Waals surface area contributed by atoms with E-state index in [0.717, 1.165) is 10.9 Å². The molecule has 0 amide bonds. The third-order valence-electron chi connectivity index (χ3n) is 3.56. The molecule has 0 fully saturated rings. The van der Waals surface area contributed by atoms with Crippen molar-refractivity contribution in [3.05, 3.63) is 17.4 Å². The summed E-state index contributed by atoms with van der Waals surface area (Å²) in [5.74, 6) is 0.309. The number of furan rings is 1. The van der Waals surface area contributed by atoms with Gasteiger partial charge in [-0.05, 0) is 11.1 Å². The van der Waals surface area contributed by atoms with Crippen LogP contribution in [0.25, 0.3) is 0 Å². The number of carbonyl (C=O) groups excluding carboxylic acids is 1. The lowest BCUT2D eigenvalue weighted by Crippen LogP contribution is -2.50. The van der Waals surface area contributed by atoms with E-state index in [-0.39, 0.29) is 11.6 Å². The van der Waals surface area contributed by atoms with Crippen LogP contribution in [0, 0.1) is 0 Å². The van der Waals surface area contributed by atoms with Gasteiger partial charge in [-0.3, -0.25) is 4.79 Å². The predicted octanol–water partition coefficient (Wildman–Crippen LogP) is 2.30. The summed E-state index contributed by atoms with van der Waals surface area (Å²) in [4.78, 5) is 10.7. The summed E-state index contributed by atoms with van der Waals surface area (Å²) in [6.45, 7) is 10.8. The van der Waals surface area contributed by atoms with Crippen molar-refractivity contribution in [1.82, 2.24) is 0 Å². The molecule has 1 N–H and O–H groups in total. The second-order valence-electron chi connectivity index (χ2n) is 5.65. The second-order valence-corrected chi connectivity index (χ2v) is 10.9. The van der Waals surface area contributed by atoms with Crippen molar-refractivity contribution in [2.75, 3.05) is 0 Å². The molecule has 0 aliphatic heterocycles. The summed E-state index contributed by atoms with van der Waals surface area (Å²) < 4.78 is 5.58. The van der Waals surface area contributed by atoms with Gasteiger partial charge in [-0.1, -0.05) is 33.9 Å². The van der Waals surface area contributed by atoms with Crippen LogP contribution in [-0.2, 0) is 6.61 Å². The number of hydrogen-bond acceptors (Lipinski definition) is 3. The maximum Gasteiger partial charge on any atom is 0.185 e. The highest BCUT2D eigenvalue weighted by molar-refractivity contribution is 6.91. The first-order valence-electron chi connectivity index (χ1n) is 5.43. The maximum atomic E-state index is 10.7. The smallest absolute Gasteiger partial charge is 0.185 e. The lowest BCUT2D eigenvalue weighted by Gasteiger charge is -2.35. The molecule has 1 rings (SSSR count). The third-order valence-corrected chi connectivity index (χ3v) is 8.87. The molecule has 1 heterocycles. The molecule has 0 aromatic carbocycles. The fraction of sp³-hybridized carbons (Fsp3) is 0.583. The molecule has 0 aliphatic carbocycles. The molecule has 0 radical (unpaired) electrons. The molecule has 0 spiro atoms. The molecule has 4 heteroatoms. The Hall–Kier alpha value is -0.873. The Morgan fingerprint density at radius 1 is 1.44 bits per heavy atom. The van der Waals surface area contributed by atoms with Crippen molar-refractivity contribution >= 4 is 19.7 Å². The predicted molar refractivity (Wildman–Crippen MR) is 66.8 cm³/mol. The van der Waals surface area contributed by atoms with E-state index in [1.807, 2.05) is 0 Å². The average molecular weight is 240 g/mol. The van der Waals surface area contributed by atoms with Crippen LogP contribution >= 0.6 is 0 Å². The molecular formula is C12H20O3Si. The van der Waals surface area contributed by atoms with E-state index >= 15 is 0 Å². The first kappa shape index (κ1) is 13.2. The molecule has 0 unspecified atom stereocenters. The zero-order chi connectivity index (χ0) is 12.6. The Morgan fingerprint density at radius 2 is 2.00 bits per heavy atom. The number of aliphatic hydroxyl groups is 1. The lowest BCUT2D eigenvalue weighted by atomic mass is 10.2. The van der Waals surface area contributed by atoms with E-state index in [2.05, 4.69) is 33.9 Å². The van der Waals surface area contributed by atoms with Gasteiger partial charge < -0.3 is 9.52 Å². The second kappa shape index (κ2) is 4.18. The first-order valence-corrected chi connectivity index (χ1v) is 8.43. The van der Waals surface area contributed by atoms with Crippen LogP contribution in [-0.4, -0.2) is 19.5 Å². The molecule has 1 aromatic heterocycles. The summed E-state index contributed by atoms with van der Waals surface area (Å²) >= 11 is 0. The molecule has 16 heavy (non-hydrogen) atoms. The van der Waals surface area contributed by atoms with Gasteiger partial charge in [-0.15, -0.1) is 0 Å². The minimum absolute atomic E-state index is 0.0703. The molecule has 0 aliphatic rings. The SMILES string of the molecule is CC(C)(C)[Si](C)(C)c1oc(C=O)cc1CO. The third kappa shape index (κ3) is 2.13. The van der Waals surface area contributed by atoms with Crippen LogP contribution in [0.5, 0.6) is 0 Å². The maximum absolute atomic E-state index is 10.7. The zero-order valence-electron chi connectivity index (χ0n) is 10.6. The number of aliphatic hydroxyl groups excluding tert-OH is 1. The van der Waals surface area contributed by atoms with Crippen LogP contribution in [0.4, 0.5) is 0 Å². The normalized spacial score (nSPS) is 12.9. The molecule has 0 bridgehead atoms. The summed E-state index contributed by atoms with van der Waals surface area (Å²) in [6.07, 6.45) is 0.690. The van der Waals surface area contributed by atoms with Crippen molar-refractivity contribution in [3.63, 3.8) is 0 Å². The van der Waals surface area contributed by atoms with E-state index in [9.17, 15) is 9.90 Å². The molecule has 3 nitrogen and oxygen atoms in total. The largest absolute Gasteiger partial charge is 0.463 e. The van der Waals surface area contributed by atoms with Gasteiger partial charge in [-0.2, -0.15) is 0 Å². The Kier molecular flexibility index (Phi) is 3.45. The average Bonchev–Trinajstić information content (AvgIpc) is 2.59. The van der Waals surface area contributed by atoms with Gasteiger partial charge >= 0.3 is 0 Å². The highest BCUT2D eigenvalue weighted by atomic mass is 28.3. The summed E-state index contributed by atoms with van der Waals surface area (Å²) in [5.41, 5.74) is 0.758. The topological polar surface area (TPSA) is 50.4 Å². The van der Waals surface area contributed by atoms with E-state index in [4.69, 9.17) is 4.42 Å². The Balaban J connectivity index is 3.31. The Labute approximate surface area is 97.5 Å². The van der Waals surface area contributed by atoms with E-state index in [0.29, 0.717) is 12.0 Å². The standard InChI is InChI=1S/C12H20O3Si/c1-12(2,3)16(4,5)11-9(7-13)6-10(8-14)15-11/h6,8,13H,7H2,1-5H3. The van der Waals surface area contributed by atoms with Crippen molar-refractivity contribution < 1.29 is 14.3 Å². The zero-order valence-corrected chi connectivity index (χ0v) is 11.6. The van der Waals surface area contributed by atoms with Crippen molar-refractivity contribution in [3.8, 4) is 0 Å². The van der Waals surface area contributed by atoms with Gasteiger partial charge in [0.1, 0.15) is 8.07 Å². The van der Waals surface area contributed by atoms with Gasteiger partial charge in [0.25, 0.3) is 0 Å². The van der Waals surface area contributed by atoms with Crippen molar-refractivity contribution in [1.29, 1.82) is 0 Å². The minimum Gasteiger partial charge on any atom is -0.463 e. The Bertz CT molecular complexity index is 385. The lowest BCUT2D eigenvalue weighted by molar-refractivity contribution is 0.110. The number of carbonyl (C=O) groups is 1. The summed E-state index contributed by atoms with van der Waals surface area (Å²) in [7, 11) is -1.83. The quantitative estimate of drug-likeness (QED) is 0.651. The minimum atomic E-state index is -1.83. The molecule has 0 saturated heterocycles. The van der Waals surface area contributed by atoms with Crippen molar-refractivity contribution in [2.24, 2.45) is 0 Å². The summed E-state index contributed by atoms with van der Waals surface area (Å²) in [6, 6.07) is 1.64. The van der Waals surface area contributed by atoms with E-state index < -0.39 is 8.07 Å². The number of rotatable bonds is 3. The fourth-order valence-corrected chi connectivity index (χ4v) is 3.50. The molecule has 90 valence electrons. The Morgan fingerprint density at radius 3 is 2.38 bits per heavy atom. The molecule has 0 atom stereocenters. The highest BCUT2D eigenvalue weighted by Gasteiger charge is 2.41. The van der Waals surface area contributed by atoms with E-state index in [1.54, 1.807) is 6.07 Å². The van der Waals surface area contributed by atoms with Gasteiger partial charge in [-0.25, -0.2) is 0 Å². The van der Waals surface area contributed by atoms with Gasteiger partial charge in [0, 0.05) is 5.56 Å². The van der Waals surface area contributed by atoms with E-state index in [1.165, 1.54) is 0 Å². The van der Waals surface area contributed by atoms with Crippen LogP contribution in [0.15, 0.2) is 10.5 Å². The highest BCUT2D eigenvalue weighted by Crippen LogP contribution is 2.36. The molecule has 1 aromatic rings. The van der Waals surface area contributed by atoms with Crippen LogP contribution in [0.2, 0.25) is 18.1 Å². The van der Waals surface area contributed by atoms with Crippen molar-refractivity contribution in [2.45, 2.75) is 45.5 Å². The summed E-state index contributed by atoms with van der Waals surface area (Å²) in [5, 5.41) is 10.3. The molecular weight excluding hydrogens is 220 g/mol. The van der Waals surface area contributed by atoms with Crippen LogP contribution < -0.4 is 5.38 Å². The van der Waals surface area contributed by atoms with Gasteiger partial charge in [0.2, 0.25) is 0 Å². The first-order chi connectivity index (χ1) is 7.24. The number of hydrogen-bond donors (Lipinski definition) is 1. The van der Waals surface area contributed by atoms with Crippen LogP contribution in [0.1, 0.15) is 36.9 Å². The number of aldehydes is 1. The van der Waals surface area contributed by atoms with Crippen LogP contribution in [0.3, 0.4) is 0 Å². The van der Waals surface area contributed by atoms with Gasteiger partial charge in [0.05, 0.1) is 12.0 Å². The fourth-order valence-electron chi connectivity index (χ4n) is 1.50. The van der Waals surface area contributed by atoms with Gasteiger partial charge in [0.15, 0.2) is 12.0 Å². The molecule has 0 saturated carbocycles. The monoisotopic (exact) mass is 240 g/mol.